The molecule has 2 nitrogen and oxygen atoms in total. The Morgan fingerprint density at radius 2 is 2.18 bits per heavy atom. The van der Waals surface area contributed by atoms with E-state index in [9.17, 15) is 0 Å². The first-order chi connectivity index (χ1) is 8.10. The summed E-state index contributed by atoms with van der Waals surface area (Å²) >= 11 is 5.04. The van der Waals surface area contributed by atoms with Gasteiger partial charge in [-0.2, -0.15) is 0 Å². The summed E-state index contributed by atoms with van der Waals surface area (Å²) in [6.45, 7) is 3.49. The zero-order chi connectivity index (χ0) is 12.4. The topological polar surface area (TPSA) is 29.3 Å². The fraction of sp³-hybridized carbons (Fsp3) is 0.929. The van der Waals surface area contributed by atoms with Gasteiger partial charge in [-0.1, -0.05) is 25.6 Å². The zero-order valence-electron chi connectivity index (χ0n) is 11.2. The van der Waals surface area contributed by atoms with E-state index in [1.165, 1.54) is 32.2 Å². The molecular weight excluding hydrogens is 228 g/mol. The van der Waals surface area contributed by atoms with Crippen molar-refractivity contribution in [2.24, 2.45) is 23.5 Å². The molecule has 2 bridgehead atoms. The van der Waals surface area contributed by atoms with Gasteiger partial charge in [-0.15, -0.1) is 0 Å². The maximum absolute atomic E-state index is 5.68. The lowest BCUT2D eigenvalue weighted by molar-refractivity contribution is 0.172. The molecule has 0 heterocycles. The van der Waals surface area contributed by atoms with E-state index in [0.29, 0.717) is 11.0 Å². The van der Waals surface area contributed by atoms with Crippen LogP contribution >= 0.6 is 12.2 Å². The van der Waals surface area contributed by atoms with E-state index in [1.54, 1.807) is 0 Å². The van der Waals surface area contributed by atoms with Gasteiger partial charge in [0.1, 0.15) is 0 Å². The lowest BCUT2D eigenvalue weighted by Gasteiger charge is -2.32. The summed E-state index contributed by atoms with van der Waals surface area (Å²) in [5, 5.41) is 0. The second-order valence-electron chi connectivity index (χ2n) is 6.11. The molecule has 2 rings (SSSR count). The van der Waals surface area contributed by atoms with Crippen LogP contribution in [0.5, 0.6) is 0 Å². The SMILES string of the molecule is CCC(CC(N)=S)N(C)CC1CC2CCC1C2. The van der Waals surface area contributed by atoms with Crippen LogP contribution in [0.4, 0.5) is 0 Å². The van der Waals surface area contributed by atoms with Crippen molar-refractivity contribution in [3.05, 3.63) is 0 Å². The Kier molecular flexibility index (Phi) is 4.42. The first-order valence-electron chi connectivity index (χ1n) is 7.08. The monoisotopic (exact) mass is 254 g/mol. The Morgan fingerprint density at radius 1 is 1.41 bits per heavy atom. The van der Waals surface area contributed by atoms with Crippen molar-refractivity contribution in [3.63, 3.8) is 0 Å². The van der Waals surface area contributed by atoms with Crippen LogP contribution in [0, 0.1) is 17.8 Å². The maximum Gasteiger partial charge on any atom is 0.0743 e. The maximum atomic E-state index is 5.68. The molecule has 0 spiro atoms. The summed E-state index contributed by atoms with van der Waals surface area (Å²) in [6.07, 6.45) is 7.98. The minimum Gasteiger partial charge on any atom is -0.393 e. The highest BCUT2D eigenvalue weighted by atomic mass is 32.1. The van der Waals surface area contributed by atoms with E-state index >= 15 is 0 Å². The minimum atomic E-state index is 0.548. The van der Waals surface area contributed by atoms with Crippen molar-refractivity contribution in [1.29, 1.82) is 0 Å². The fourth-order valence-corrected chi connectivity index (χ4v) is 4.16. The second kappa shape index (κ2) is 5.66. The quantitative estimate of drug-likeness (QED) is 0.739. The predicted octanol–water partition coefficient (Wildman–Crippen LogP) is 2.81. The molecule has 2 N–H and O–H groups in total. The summed E-state index contributed by atoms with van der Waals surface area (Å²) in [5.74, 6) is 3.01. The standard InChI is InChI=1S/C14H26N2S/c1-3-13(8-14(15)17)16(2)9-12-7-10-4-5-11(12)6-10/h10-13H,3-9H2,1-2H3,(H2,15,17). The average molecular weight is 254 g/mol. The van der Waals surface area contributed by atoms with Crippen LogP contribution in [0.2, 0.25) is 0 Å². The Hall–Kier alpha value is -0.150. The van der Waals surface area contributed by atoms with Gasteiger partial charge in [0.2, 0.25) is 0 Å². The van der Waals surface area contributed by atoms with E-state index in [0.717, 1.165) is 30.6 Å². The first-order valence-corrected chi connectivity index (χ1v) is 7.49. The van der Waals surface area contributed by atoms with Gasteiger partial charge in [0.15, 0.2) is 0 Å². The summed E-state index contributed by atoms with van der Waals surface area (Å²) in [4.78, 5) is 3.17. The van der Waals surface area contributed by atoms with Gasteiger partial charge in [0, 0.05) is 19.0 Å². The normalized spacial score (nSPS) is 33.2. The molecule has 17 heavy (non-hydrogen) atoms. The predicted molar refractivity (Wildman–Crippen MR) is 77.0 cm³/mol. The Balaban J connectivity index is 1.83. The Labute approximate surface area is 111 Å². The van der Waals surface area contributed by atoms with Crippen LogP contribution in [0.25, 0.3) is 0 Å². The van der Waals surface area contributed by atoms with Crippen LogP contribution in [0.1, 0.15) is 45.4 Å². The van der Waals surface area contributed by atoms with Gasteiger partial charge in [0.25, 0.3) is 0 Å². The second-order valence-corrected chi connectivity index (χ2v) is 6.63. The molecule has 98 valence electrons. The van der Waals surface area contributed by atoms with Crippen molar-refractivity contribution < 1.29 is 0 Å². The number of hydrogen-bond donors (Lipinski definition) is 1. The van der Waals surface area contributed by atoms with Gasteiger partial charge in [-0.3, -0.25) is 0 Å². The Morgan fingerprint density at radius 3 is 2.65 bits per heavy atom. The van der Waals surface area contributed by atoms with Gasteiger partial charge in [-0.25, -0.2) is 0 Å². The van der Waals surface area contributed by atoms with Crippen LogP contribution in [0.3, 0.4) is 0 Å². The van der Waals surface area contributed by atoms with Crippen molar-refractivity contribution in [3.8, 4) is 0 Å². The summed E-state index contributed by atoms with van der Waals surface area (Å²) < 4.78 is 0. The number of rotatable bonds is 6. The highest BCUT2D eigenvalue weighted by Gasteiger charge is 2.39. The molecule has 2 aliphatic rings. The molecule has 2 fully saturated rings. The molecule has 0 aromatic rings. The van der Waals surface area contributed by atoms with Crippen molar-refractivity contribution in [2.75, 3.05) is 13.6 Å². The number of nitrogens with zero attached hydrogens (tertiary/aromatic N) is 1. The zero-order valence-corrected chi connectivity index (χ0v) is 12.0. The summed E-state index contributed by atoms with van der Waals surface area (Å²) in [7, 11) is 2.25. The third-order valence-electron chi connectivity index (χ3n) is 4.94. The number of fused-ring (bicyclic) bond motifs is 2. The number of hydrogen-bond acceptors (Lipinski definition) is 2. The largest absolute Gasteiger partial charge is 0.393 e. The lowest BCUT2D eigenvalue weighted by atomic mass is 9.88. The first kappa shape index (κ1) is 13.3. The van der Waals surface area contributed by atoms with Crippen LogP contribution in [-0.2, 0) is 0 Å². The molecular formula is C14H26N2S. The fourth-order valence-electron chi connectivity index (χ4n) is 3.96. The van der Waals surface area contributed by atoms with Gasteiger partial charge < -0.3 is 10.6 Å². The van der Waals surface area contributed by atoms with Gasteiger partial charge in [0.05, 0.1) is 4.99 Å². The number of nitrogens with two attached hydrogens (primary N) is 1. The van der Waals surface area contributed by atoms with Crippen LogP contribution in [-0.4, -0.2) is 29.5 Å². The smallest absolute Gasteiger partial charge is 0.0743 e. The Bertz CT molecular complexity index is 279. The molecule has 0 amide bonds. The molecule has 0 aromatic carbocycles. The van der Waals surface area contributed by atoms with Crippen molar-refractivity contribution in [2.45, 2.75) is 51.5 Å². The molecule has 2 saturated carbocycles. The van der Waals surface area contributed by atoms with Crippen LogP contribution < -0.4 is 5.73 Å². The summed E-state index contributed by atoms with van der Waals surface area (Å²) in [5.41, 5.74) is 5.68. The van der Waals surface area contributed by atoms with E-state index < -0.39 is 0 Å². The molecule has 4 atom stereocenters. The molecule has 0 radical (unpaired) electrons. The third-order valence-corrected chi connectivity index (χ3v) is 5.11. The van der Waals surface area contributed by atoms with Crippen molar-refractivity contribution in [1.82, 2.24) is 4.90 Å². The van der Waals surface area contributed by atoms with Gasteiger partial charge >= 0.3 is 0 Å². The highest BCUT2D eigenvalue weighted by Crippen LogP contribution is 2.48. The molecule has 4 unspecified atom stereocenters. The van der Waals surface area contributed by atoms with Crippen molar-refractivity contribution >= 4 is 17.2 Å². The third kappa shape index (κ3) is 3.19. The molecule has 3 heteroatoms. The van der Waals surface area contributed by atoms with E-state index in [1.807, 2.05) is 0 Å². The van der Waals surface area contributed by atoms with E-state index in [4.69, 9.17) is 18.0 Å². The highest BCUT2D eigenvalue weighted by molar-refractivity contribution is 7.80. The lowest BCUT2D eigenvalue weighted by Crippen LogP contribution is -2.38. The average Bonchev–Trinajstić information content (AvgIpc) is 2.87. The van der Waals surface area contributed by atoms with E-state index in [2.05, 4.69) is 18.9 Å². The van der Waals surface area contributed by atoms with Crippen LogP contribution in [0.15, 0.2) is 0 Å². The summed E-state index contributed by atoms with van der Waals surface area (Å²) in [6, 6.07) is 0.548. The molecule has 0 aliphatic heterocycles. The van der Waals surface area contributed by atoms with Gasteiger partial charge in [-0.05, 0) is 50.5 Å². The molecule has 0 saturated heterocycles. The number of thiocarbonyl (C=S) groups is 1. The molecule has 2 aliphatic carbocycles. The van der Waals surface area contributed by atoms with E-state index in [-0.39, 0.29) is 0 Å². The minimum absolute atomic E-state index is 0.548. The molecule has 0 aromatic heterocycles.